The molecular formula is C14H18ClF3N2O3S. The third-order valence-electron chi connectivity index (χ3n) is 3.36. The van der Waals surface area contributed by atoms with Crippen LogP contribution < -0.4 is 5.32 Å². The maximum Gasteiger partial charge on any atom is 0.417 e. The predicted molar refractivity (Wildman–Crippen MR) is 86.4 cm³/mol. The summed E-state index contributed by atoms with van der Waals surface area (Å²) in [7, 11) is -3.63. The number of rotatable bonds is 6. The summed E-state index contributed by atoms with van der Waals surface area (Å²) in [6.45, 7) is 2.91. The fourth-order valence-electron chi connectivity index (χ4n) is 1.97. The van der Waals surface area contributed by atoms with E-state index in [1.807, 2.05) is 0 Å². The summed E-state index contributed by atoms with van der Waals surface area (Å²) in [5, 5.41) is 1.77. The molecule has 0 aliphatic carbocycles. The molecule has 1 atom stereocenters. The Morgan fingerprint density at radius 2 is 1.96 bits per heavy atom. The van der Waals surface area contributed by atoms with Crippen LogP contribution in [-0.4, -0.2) is 37.5 Å². The van der Waals surface area contributed by atoms with Crippen molar-refractivity contribution in [2.45, 2.75) is 32.5 Å². The number of halogens is 4. The maximum absolute atomic E-state index is 12.8. The van der Waals surface area contributed by atoms with E-state index in [-0.39, 0.29) is 5.69 Å². The van der Waals surface area contributed by atoms with Crippen LogP contribution in [0.5, 0.6) is 0 Å². The molecule has 136 valence electrons. The number of nitrogens with zero attached hydrogens (tertiary/aromatic N) is 1. The van der Waals surface area contributed by atoms with Gasteiger partial charge < -0.3 is 5.32 Å². The van der Waals surface area contributed by atoms with E-state index in [2.05, 4.69) is 5.32 Å². The van der Waals surface area contributed by atoms with Crippen molar-refractivity contribution in [3.05, 3.63) is 28.8 Å². The van der Waals surface area contributed by atoms with Crippen LogP contribution in [0.25, 0.3) is 0 Å². The Hall–Kier alpha value is -1.32. The SMILES string of the molecule is CCC(C)N(CC(=O)Nc1ccc(Cl)c(C(F)(F)F)c1)S(C)(=O)=O. The minimum absolute atomic E-state index is 0.116. The monoisotopic (exact) mass is 386 g/mol. The summed E-state index contributed by atoms with van der Waals surface area (Å²) < 4.78 is 62.8. The molecule has 10 heteroatoms. The molecule has 0 heterocycles. The molecule has 0 fully saturated rings. The standard InChI is InChI=1S/C14H18ClF3N2O3S/c1-4-9(2)20(24(3,22)23)8-13(21)19-10-5-6-12(15)11(7-10)14(16,17)18/h5-7,9H,4,8H2,1-3H3,(H,19,21). The number of carbonyl (C=O) groups is 1. The first-order valence-electron chi connectivity index (χ1n) is 6.99. The van der Waals surface area contributed by atoms with E-state index < -0.39 is 45.3 Å². The summed E-state index contributed by atoms with van der Waals surface area (Å²) >= 11 is 5.50. The number of carbonyl (C=O) groups excluding carboxylic acids is 1. The summed E-state index contributed by atoms with van der Waals surface area (Å²) in [5.74, 6) is -0.740. The van der Waals surface area contributed by atoms with Gasteiger partial charge in [-0.3, -0.25) is 4.79 Å². The first-order valence-corrected chi connectivity index (χ1v) is 9.22. The van der Waals surface area contributed by atoms with Crippen molar-refractivity contribution in [2.24, 2.45) is 0 Å². The highest BCUT2D eigenvalue weighted by Crippen LogP contribution is 2.36. The summed E-state index contributed by atoms with van der Waals surface area (Å²) in [6, 6.07) is 2.52. The molecule has 0 saturated carbocycles. The van der Waals surface area contributed by atoms with Crippen LogP contribution >= 0.6 is 11.6 Å². The van der Waals surface area contributed by atoms with Gasteiger partial charge in [0.25, 0.3) is 0 Å². The van der Waals surface area contributed by atoms with Gasteiger partial charge in [-0.2, -0.15) is 17.5 Å². The summed E-state index contributed by atoms with van der Waals surface area (Å²) in [4.78, 5) is 12.0. The average molecular weight is 387 g/mol. The van der Waals surface area contributed by atoms with Crippen molar-refractivity contribution in [3.63, 3.8) is 0 Å². The fourth-order valence-corrected chi connectivity index (χ4v) is 3.35. The van der Waals surface area contributed by atoms with E-state index in [4.69, 9.17) is 11.6 Å². The predicted octanol–water partition coefficient (Wildman–Crippen LogP) is 3.36. The van der Waals surface area contributed by atoms with Crippen LogP contribution in [0.1, 0.15) is 25.8 Å². The lowest BCUT2D eigenvalue weighted by Gasteiger charge is -2.25. The molecule has 1 rings (SSSR count). The number of alkyl halides is 3. The van der Waals surface area contributed by atoms with Gasteiger partial charge in [0.15, 0.2) is 0 Å². The lowest BCUT2D eigenvalue weighted by atomic mass is 10.2. The van der Waals surface area contributed by atoms with E-state index in [0.29, 0.717) is 12.5 Å². The second-order valence-electron chi connectivity index (χ2n) is 5.31. The van der Waals surface area contributed by atoms with E-state index in [1.54, 1.807) is 13.8 Å². The van der Waals surface area contributed by atoms with Gasteiger partial charge in [-0.15, -0.1) is 0 Å². The van der Waals surface area contributed by atoms with E-state index in [9.17, 15) is 26.4 Å². The topological polar surface area (TPSA) is 66.5 Å². The Bertz CT molecular complexity index is 708. The fraction of sp³-hybridized carbons (Fsp3) is 0.500. The zero-order chi connectivity index (χ0) is 18.7. The molecule has 0 aliphatic rings. The van der Waals surface area contributed by atoms with Gasteiger partial charge in [0.2, 0.25) is 15.9 Å². The normalized spacial score (nSPS) is 13.8. The first-order chi connectivity index (χ1) is 10.9. The Labute approximate surface area is 143 Å². The van der Waals surface area contributed by atoms with Crippen LogP contribution in [0.15, 0.2) is 18.2 Å². The molecule has 5 nitrogen and oxygen atoms in total. The Balaban J connectivity index is 2.96. The zero-order valence-electron chi connectivity index (χ0n) is 13.3. The van der Waals surface area contributed by atoms with Crippen molar-refractivity contribution >= 4 is 33.2 Å². The van der Waals surface area contributed by atoms with Crippen molar-refractivity contribution in [1.82, 2.24) is 4.31 Å². The zero-order valence-corrected chi connectivity index (χ0v) is 14.9. The van der Waals surface area contributed by atoms with Gasteiger partial charge in [0.05, 0.1) is 23.4 Å². The lowest BCUT2D eigenvalue weighted by Crippen LogP contribution is -2.42. The number of sulfonamides is 1. The average Bonchev–Trinajstić information content (AvgIpc) is 2.43. The van der Waals surface area contributed by atoms with Gasteiger partial charge in [-0.05, 0) is 31.5 Å². The minimum Gasteiger partial charge on any atom is -0.325 e. The number of benzene rings is 1. The second kappa shape index (κ2) is 7.71. The van der Waals surface area contributed by atoms with Gasteiger partial charge in [0, 0.05) is 11.7 Å². The molecule has 0 spiro atoms. The molecule has 1 N–H and O–H groups in total. The quantitative estimate of drug-likeness (QED) is 0.815. The molecule has 1 amide bonds. The van der Waals surface area contributed by atoms with Gasteiger partial charge >= 0.3 is 6.18 Å². The molecule has 0 bridgehead atoms. The van der Waals surface area contributed by atoms with Crippen LogP contribution in [0.2, 0.25) is 5.02 Å². The number of amides is 1. The van der Waals surface area contributed by atoms with Gasteiger partial charge in [-0.1, -0.05) is 18.5 Å². The van der Waals surface area contributed by atoms with Crippen LogP contribution in [0, 0.1) is 0 Å². The Morgan fingerprint density at radius 1 is 1.38 bits per heavy atom. The summed E-state index contributed by atoms with van der Waals surface area (Å²) in [6.07, 6.45) is -3.21. The molecule has 24 heavy (non-hydrogen) atoms. The van der Waals surface area contributed by atoms with E-state index in [1.165, 1.54) is 6.07 Å². The maximum atomic E-state index is 12.8. The highest BCUT2D eigenvalue weighted by molar-refractivity contribution is 7.88. The Kier molecular flexibility index (Phi) is 6.66. The largest absolute Gasteiger partial charge is 0.417 e. The second-order valence-corrected chi connectivity index (χ2v) is 7.65. The molecule has 1 unspecified atom stereocenters. The van der Waals surface area contributed by atoms with Crippen molar-refractivity contribution in [1.29, 1.82) is 0 Å². The molecular weight excluding hydrogens is 369 g/mol. The highest BCUT2D eigenvalue weighted by Gasteiger charge is 2.33. The highest BCUT2D eigenvalue weighted by atomic mass is 35.5. The number of hydrogen-bond acceptors (Lipinski definition) is 3. The molecule has 0 saturated heterocycles. The number of nitrogens with one attached hydrogen (secondary N) is 1. The van der Waals surface area contributed by atoms with Crippen molar-refractivity contribution in [3.8, 4) is 0 Å². The Morgan fingerprint density at radius 3 is 2.42 bits per heavy atom. The van der Waals surface area contributed by atoms with E-state index in [0.717, 1.165) is 16.6 Å². The van der Waals surface area contributed by atoms with Crippen molar-refractivity contribution in [2.75, 3.05) is 18.1 Å². The third kappa shape index (κ3) is 5.64. The van der Waals surface area contributed by atoms with E-state index >= 15 is 0 Å². The number of anilines is 1. The number of hydrogen-bond donors (Lipinski definition) is 1. The van der Waals surface area contributed by atoms with Gasteiger partial charge in [-0.25, -0.2) is 8.42 Å². The van der Waals surface area contributed by atoms with Crippen LogP contribution in [0.4, 0.5) is 18.9 Å². The van der Waals surface area contributed by atoms with Gasteiger partial charge in [0.1, 0.15) is 0 Å². The minimum atomic E-state index is -4.66. The molecule has 0 aromatic heterocycles. The van der Waals surface area contributed by atoms with Crippen LogP contribution in [0.3, 0.4) is 0 Å². The molecule has 1 aromatic rings. The van der Waals surface area contributed by atoms with Crippen LogP contribution in [-0.2, 0) is 21.0 Å². The first kappa shape index (κ1) is 20.7. The molecule has 0 radical (unpaired) electrons. The van der Waals surface area contributed by atoms with Crippen molar-refractivity contribution < 1.29 is 26.4 Å². The third-order valence-corrected chi connectivity index (χ3v) is 5.03. The summed E-state index contributed by atoms with van der Waals surface area (Å²) in [5.41, 5.74) is -1.20. The molecule has 0 aliphatic heterocycles. The lowest BCUT2D eigenvalue weighted by molar-refractivity contribution is -0.137. The smallest absolute Gasteiger partial charge is 0.325 e. The molecule has 1 aromatic carbocycles.